The van der Waals surface area contributed by atoms with Crippen LogP contribution in [0.5, 0.6) is 0 Å². The molecule has 1 aliphatic rings. The highest BCUT2D eigenvalue weighted by molar-refractivity contribution is 5.67. The molecule has 0 amide bonds. The van der Waals surface area contributed by atoms with Crippen molar-refractivity contribution in [3.63, 3.8) is 0 Å². The molecule has 1 unspecified atom stereocenters. The van der Waals surface area contributed by atoms with E-state index in [4.69, 9.17) is 5.11 Å². The monoisotopic (exact) mass is 213 g/mol. The molecule has 15 heavy (non-hydrogen) atoms. The summed E-state index contributed by atoms with van der Waals surface area (Å²) in [5, 5.41) is 8.87. The van der Waals surface area contributed by atoms with Crippen LogP contribution in [0.2, 0.25) is 0 Å². The van der Waals surface area contributed by atoms with Gasteiger partial charge in [-0.2, -0.15) is 0 Å². The van der Waals surface area contributed by atoms with Crippen LogP contribution in [-0.4, -0.2) is 34.6 Å². The lowest BCUT2D eigenvalue weighted by molar-refractivity contribution is -0.138. The van der Waals surface area contributed by atoms with E-state index < -0.39 is 5.97 Å². The zero-order valence-electron chi connectivity index (χ0n) is 10.1. The van der Waals surface area contributed by atoms with E-state index in [-0.39, 0.29) is 12.5 Å². The highest BCUT2D eigenvalue weighted by Crippen LogP contribution is 2.31. The van der Waals surface area contributed by atoms with Gasteiger partial charge >= 0.3 is 5.97 Å². The third-order valence-corrected chi connectivity index (χ3v) is 3.18. The number of carbonyl (C=O) groups is 1. The van der Waals surface area contributed by atoms with Gasteiger partial charge in [-0.3, -0.25) is 9.69 Å². The van der Waals surface area contributed by atoms with E-state index in [2.05, 4.69) is 25.7 Å². The van der Waals surface area contributed by atoms with E-state index in [1.54, 1.807) is 0 Å². The van der Waals surface area contributed by atoms with Crippen LogP contribution in [0.15, 0.2) is 0 Å². The number of nitrogens with zero attached hydrogens (tertiary/aromatic N) is 1. The second kappa shape index (κ2) is 5.50. The van der Waals surface area contributed by atoms with Crippen molar-refractivity contribution in [2.24, 2.45) is 5.92 Å². The molecule has 0 saturated heterocycles. The van der Waals surface area contributed by atoms with Crippen molar-refractivity contribution in [1.82, 2.24) is 4.90 Å². The summed E-state index contributed by atoms with van der Waals surface area (Å²) in [6, 6.07) is 0.665. The molecule has 88 valence electrons. The summed E-state index contributed by atoms with van der Waals surface area (Å²) in [4.78, 5) is 13.1. The van der Waals surface area contributed by atoms with Gasteiger partial charge in [0.2, 0.25) is 0 Å². The molecule has 0 spiro atoms. The Morgan fingerprint density at radius 1 is 1.47 bits per heavy atom. The van der Waals surface area contributed by atoms with Gasteiger partial charge in [0.05, 0.1) is 6.42 Å². The molecule has 0 aromatic rings. The first-order chi connectivity index (χ1) is 7.04. The molecular weight excluding hydrogens is 190 g/mol. The van der Waals surface area contributed by atoms with Gasteiger partial charge in [-0.15, -0.1) is 0 Å². The maximum Gasteiger partial charge on any atom is 0.304 e. The summed E-state index contributed by atoms with van der Waals surface area (Å²) in [6.45, 7) is 7.49. The number of hydrogen-bond acceptors (Lipinski definition) is 2. The van der Waals surface area contributed by atoms with Crippen LogP contribution < -0.4 is 0 Å². The number of aliphatic carboxylic acids is 1. The zero-order chi connectivity index (χ0) is 11.4. The third kappa shape index (κ3) is 4.20. The second-order valence-corrected chi connectivity index (χ2v) is 4.89. The highest BCUT2D eigenvalue weighted by atomic mass is 16.4. The lowest BCUT2D eigenvalue weighted by Gasteiger charge is -2.33. The first kappa shape index (κ1) is 12.5. The summed E-state index contributed by atoms with van der Waals surface area (Å²) >= 11 is 0. The van der Waals surface area contributed by atoms with E-state index in [1.807, 2.05) is 0 Å². The maximum absolute atomic E-state index is 10.8. The predicted molar refractivity (Wildman–Crippen MR) is 60.9 cm³/mol. The molecule has 0 aromatic heterocycles. The van der Waals surface area contributed by atoms with Gasteiger partial charge in [-0.05, 0) is 39.0 Å². The molecule has 1 atom stereocenters. The quantitative estimate of drug-likeness (QED) is 0.705. The van der Waals surface area contributed by atoms with Gasteiger partial charge in [0.15, 0.2) is 0 Å². The molecule has 0 bridgehead atoms. The van der Waals surface area contributed by atoms with E-state index in [0.29, 0.717) is 6.04 Å². The fourth-order valence-corrected chi connectivity index (χ4v) is 2.08. The highest BCUT2D eigenvalue weighted by Gasteiger charge is 2.29. The Morgan fingerprint density at radius 3 is 2.40 bits per heavy atom. The van der Waals surface area contributed by atoms with Crippen LogP contribution in [0.3, 0.4) is 0 Å². The lowest BCUT2D eigenvalue weighted by Crippen LogP contribution is -2.42. The Hall–Kier alpha value is -0.570. The number of hydrogen-bond donors (Lipinski definition) is 1. The number of carboxylic acid groups (broad SMARTS) is 1. The van der Waals surface area contributed by atoms with E-state index in [0.717, 1.165) is 18.9 Å². The SMILES string of the molecule is CCC(CC(=O)O)N(CC1CC1)C(C)C. The smallest absolute Gasteiger partial charge is 0.304 e. The topological polar surface area (TPSA) is 40.5 Å². The Balaban J connectivity index is 2.52. The number of carboxylic acids is 1. The normalized spacial score (nSPS) is 18.5. The second-order valence-electron chi connectivity index (χ2n) is 4.89. The molecule has 1 N–H and O–H groups in total. The average molecular weight is 213 g/mol. The molecule has 1 saturated carbocycles. The van der Waals surface area contributed by atoms with Gasteiger partial charge < -0.3 is 5.11 Å². The van der Waals surface area contributed by atoms with Crippen molar-refractivity contribution < 1.29 is 9.90 Å². The zero-order valence-corrected chi connectivity index (χ0v) is 10.1. The molecule has 0 radical (unpaired) electrons. The van der Waals surface area contributed by atoms with Crippen molar-refractivity contribution in [2.45, 2.75) is 58.5 Å². The Morgan fingerprint density at radius 2 is 2.07 bits per heavy atom. The van der Waals surface area contributed by atoms with Crippen LogP contribution in [0, 0.1) is 5.92 Å². The summed E-state index contributed by atoms with van der Waals surface area (Å²) in [7, 11) is 0. The van der Waals surface area contributed by atoms with Gasteiger partial charge in [0.1, 0.15) is 0 Å². The first-order valence-corrected chi connectivity index (χ1v) is 6.02. The van der Waals surface area contributed by atoms with Crippen LogP contribution in [0.1, 0.15) is 46.5 Å². The standard InChI is InChI=1S/C12H23NO2/c1-4-11(7-12(14)15)13(9(2)3)8-10-5-6-10/h9-11H,4-8H2,1-3H3,(H,14,15). The van der Waals surface area contributed by atoms with Crippen molar-refractivity contribution >= 4 is 5.97 Å². The van der Waals surface area contributed by atoms with Gasteiger partial charge in [-0.25, -0.2) is 0 Å². The van der Waals surface area contributed by atoms with Crippen LogP contribution in [0.25, 0.3) is 0 Å². The Bertz CT molecular complexity index is 212. The van der Waals surface area contributed by atoms with Crippen molar-refractivity contribution in [1.29, 1.82) is 0 Å². The fourth-order valence-electron chi connectivity index (χ4n) is 2.08. The molecule has 1 aliphatic carbocycles. The fraction of sp³-hybridized carbons (Fsp3) is 0.917. The van der Waals surface area contributed by atoms with Gasteiger partial charge in [0.25, 0.3) is 0 Å². The van der Waals surface area contributed by atoms with Crippen LogP contribution >= 0.6 is 0 Å². The molecule has 3 nitrogen and oxygen atoms in total. The largest absolute Gasteiger partial charge is 0.481 e. The van der Waals surface area contributed by atoms with Gasteiger partial charge in [-0.1, -0.05) is 6.92 Å². The van der Waals surface area contributed by atoms with Crippen LogP contribution in [0.4, 0.5) is 0 Å². The van der Waals surface area contributed by atoms with Crippen molar-refractivity contribution in [2.75, 3.05) is 6.54 Å². The van der Waals surface area contributed by atoms with Crippen molar-refractivity contribution in [3.8, 4) is 0 Å². The minimum atomic E-state index is -0.678. The van der Waals surface area contributed by atoms with Crippen molar-refractivity contribution in [3.05, 3.63) is 0 Å². The molecule has 0 aromatic carbocycles. The molecule has 1 rings (SSSR count). The summed E-state index contributed by atoms with van der Waals surface area (Å²) in [5.74, 6) is 0.151. The average Bonchev–Trinajstić information content (AvgIpc) is 2.93. The molecule has 3 heteroatoms. The van der Waals surface area contributed by atoms with E-state index in [1.165, 1.54) is 12.8 Å². The minimum Gasteiger partial charge on any atom is -0.481 e. The summed E-state index contributed by atoms with van der Waals surface area (Å²) in [5.41, 5.74) is 0. The predicted octanol–water partition coefficient (Wildman–Crippen LogP) is 2.36. The molecular formula is C12H23NO2. The summed E-state index contributed by atoms with van der Waals surface area (Å²) < 4.78 is 0. The lowest BCUT2D eigenvalue weighted by atomic mass is 10.1. The van der Waals surface area contributed by atoms with Crippen LogP contribution in [-0.2, 0) is 4.79 Å². The van der Waals surface area contributed by atoms with Gasteiger partial charge in [0, 0.05) is 18.6 Å². The summed E-state index contributed by atoms with van der Waals surface area (Å²) in [6.07, 6.45) is 3.86. The van der Waals surface area contributed by atoms with E-state index in [9.17, 15) is 4.79 Å². The third-order valence-electron chi connectivity index (χ3n) is 3.18. The maximum atomic E-state index is 10.8. The molecule has 1 fully saturated rings. The first-order valence-electron chi connectivity index (χ1n) is 6.02. The molecule has 0 aliphatic heterocycles. The molecule has 0 heterocycles. The minimum absolute atomic E-state index is 0.211. The Labute approximate surface area is 92.5 Å². The Kier molecular flexibility index (Phi) is 4.58. The van der Waals surface area contributed by atoms with E-state index >= 15 is 0 Å². The number of rotatable bonds is 7.